The first-order valence-electron chi connectivity index (χ1n) is 9.20. The van der Waals surface area contributed by atoms with Gasteiger partial charge in [0, 0.05) is 56.7 Å². The molecule has 7 heteroatoms. The Morgan fingerprint density at radius 1 is 1.07 bits per heavy atom. The molecule has 1 atom stereocenters. The molecule has 1 heterocycles. The zero-order valence-electron chi connectivity index (χ0n) is 16.1. The number of nitrogens with zero attached hydrogens (tertiary/aromatic N) is 4. The molecule has 3 rings (SSSR count). The lowest BCUT2D eigenvalue weighted by molar-refractivity contribution is 0.131. The van der Waals surface area contributed by atoms with E-state index in [2.05, 4.69) is 16.3 Å². The molecule has 0 aliphatic carbocycles. The average molecular weight is 398 g/mol. The topological polar surface area (TPSA) is 62.6 Å². The van der Waals surface area contributed by atoms with Crippen molar-refractivity contribution >= 4 is 29.0 Å². The minimum Gasteiger partial charge on any atom is -0.378 e. The summed E-state index contributed by atoms with van der Waals surface area (Å²) >= 11 is 5.87. The molecule has 0 spiro atoms. The minimum atomic E-state index is -0.308. The van der Waals surface area contributed by atoms with Crippen molar-refractivity contribution in [2.75, 3.05) is 50.5 Å². The number of carbonyl (C=O) groups excluding carboxylic acids is 1. The van der Waals surface area contributed by atoms with Gasteiger partial charge in [-0.05, 0) is 42.0 Å². The quantitative estimate of drug-likeness (QED) is 0.851. The summed E-state index contributed by atoms with van der Waals surface area (Å²) in [6.07, 6.45) is 0. The van der Waals surface area contributed by atoms with Gasteiger partial charge in [0.15, 0.2) is 0 Å². The van der Waals surface area contributed by atoms with E-state index in [0.717, 1.165) is 11.3 Å². The molecule has 2 amide bonds. The minimum absolute atomic E-state index is 0.134. The Hall–Kier alpha value is -2.75. The molecule has 1 aliphatic rings. The van der Waals surface area contributed by atoms with Gasteiger partial charge < -0.3 is 15.1 Å². The third-order valence-electron chi connectivity index (χ3n) is 4.91. The largest absolute Gasteiger partial charge is 0.378 e. The highest BCUT2D eigenvalue weighted by molar-refractivity contribution is 6.30. The molecule has 2 aromatic carbocycles. The Bertz CT molecular complexity index is 837. The van der Waals surface area contributed by atoms with Crippen molar-refractivity contribution in [1.82, 2.24) is 9.80 Å². The van der Waals surface area contributed by atoms with Gasteiger partial charge in [-0.1, -0.05) is 23.7 Å². The molecule has 1 saturated heterocycles. The van der Waals surface area contributed by atoms with Gasteiger partial charge >= 0.3 is 6.03 Å². The molecule has 146 valence electrons. The molecule has 6 nitrogen and oxygen atoms in total. The van der Waals surface area contributed by atoms with Gasteiger partial charge in [0.2, 0.25) is 0 Å². The van der Waals surface area contributed by atoms with E-state index < -0.39 is 0 Å². The van der Waals surface area contributed by atoms with Crippen LogP contribution in [0.1, 0.15) is 11.6 Å². The van der Waals surface area contributed by atoms with Crippen molar-refractivity contribution in [3.8, 4) is 6.07 Å². The maximum absolute atomic E-state index is 12.5. The van der Waals surface area contributed by atoms with Crippen LogP contribution in [0.25, 0.3) is 0 Å². The van der Waals surface area contributed by atoms with Crippen molar-refractivity contribution in [3.63, 3.8) is 0 Å². The number of rotatable bonds is 4. The molecule has 28 heavy (non-hydrogen) atoms. The van der Waals surface area contributed by atoms with Gasteiger partial charge in [0.1, 0.15) is 6.04 Å². The second-order valence-corrected chi connectivity index (χ2v) is 7.41. The summed E-state index contributed by atoms with van der Waals surface area (Å²) in [5.74, 6) is 0. The predicted molar refractivity (Wildman–Crippen MR) is 113 cm³/mol. The molecule has 1 N–H and O–H groups in total. The molecule has 0 bridgehead atoms. The summed E-state index contributed by atoms with van der Waals surface area (Å²) in [5, 5.41) is 13.2. The number of anilines is 2. The number of hydrogen-bond donors (Lipinski definition) is 1. The van der Waals surface area contributed by atoms with Crippen molar-refractivity contribution in [2.45, 2.75) is 6.04 Å². The van der Waals surface area contributed by atoms with Gasteiger partial charge in [-0.15, -0.1) is 0 Å². The van der Waals surface area contributed by atoms with Gasteiger partial charge in [-0.25, -0.2) is 4.79 Å². The van der Waals surface area contributed by atoms with Gasteiger partial charge in [-0.3, -0.25) is 4.90 Å². The lowest BCUT2D eigenvalue weighted by Gasteiger charge is -2.37. The average Bonchev–Trinajstić information content (AvgIpc) is 2.71. The van der Waals surface area contributed by atoms with E-state index in [0.29, 0.717) is 36.9 Å². The molecule has 1 fully saturated rings. The lowest BCUT2D eigenvalue weighted by atomic mass is 10.0. The monoisotopic (exact) mass is 397 g/mol. The van der Waals surface area contributed by atoms with E-state index >= 15 is 0 Å². The van der Waals surface area contributed by atoms with Gasteiger partial charge in [0.25, 0.3) is 0 Å². The van der Waals surface area contributed by atoms with E-state index in [1.807, 2.05) is 43.3 Å². The van der Waals surface area contributed by atoms with Crippen molar-refractivity contribution < 1.29 is 4.79 Å². The maximum Gasteiger partial charge on any atom is 0.321 e. The fourth-order valence-corrected chi connectivity index (χ4v) is 3.37. The number of hydrogen-bond acceptors (Lipinski definition) is 4. The smallest absolute Gasteiger partial charge is 0.321 e. The normalized spacial score (nSPS) is 15.6. The van der Waals surface area contributed by atoms with E-state index in [1.54, 1.807) is 29.2 Å². The van der Waals surface area contributed by atoms with Crippen molar-refractivity contribution in [3.05, 3.63) is 59.1 Å². The van der Waals surface area contributed by atoms with Gasteiger partial charge in [0.05, 0.1) is 6.07 Å². The van der Waals surface area contributed by atoms with Crippen LogP contribution in [0.15, 0.2) is 48.5 Å². The van der Waals surface area contributed by atoms with Crippen LogP contribution < -0.4 is 10.2 Å². The molecule has 1 unspecified atom stereocenters. The lowest BCUT2D eigenvalue weighted by Crippen LogP contribution is -2.50. The Kier molecular flexibility index (Phi) is 6.40. The number of piperazine rings is 1. The maximum atomic E-state index is 12.5. The number of amides is 2. The van der Waals surface area contributed by atoms with Crippen molar-refractivity contribution in [2.24, 2.45) is 0 Å². The highest BCUT2D eigenvalue weighted by atomic mass is 35.5. The van der Waals surface area contributed by atoms with Crippen molar-refractivity contribution in [1.29, 1.82) is 5.26 Å². The van der Waals surface area contributed by atoms with Crippen LogP contribution >= 0.6 is 11.6 Å². The van der Waals surface area contributed by atoms with Crippen LogP contribution in [0.2, 0.25) is 5.02 Å². The number of halogens is 1. The number of nitrogens with one attached hydrogen (secondary N) is 1. The Labute approximate surface area is 170 Å². The summed E-state index contributed by atoms with van der Waals surface area (Å²) in [4.78, 5) is 18.4. The number of nitriles is 1. The number of urea groups is 1. The fourth-order valence-electron chi connectivity index (χ4n) is 3.24. The van der Waals surface area contributed by atoms with E-state index in [-0.39, 0.29) is 12.1 Å². The zero-order chi connectivity index (χ0) is 20.1. The second-order valence-electron chi connectivity index (χ2n) is 6.98. The fraction of sp³-hybridized carbons (Fsp3) is 0.333. The molecule has 1 aliphatic heterocycles. The summed E-state index contributed by atoms with van der Waals surface area (Å²) in [6.45, 7) is 2.46. The molecule has 0 radical (unpaired) electrons. The third-order valence-corrected chi connectivity index (χ3v) is 5.16. The first-order chi connectivity index (χ1) is 13.5. The summed E-state index contributed by atoms with van der Waals surface area (Å²) < 4.78 is 0. The van der Waals surface area contributed by atoms with Crippen LogP contribution in [0.5, 0.6) is 0 Å². The standard InChI is InChI=1S/C21H24ClN5O/c1-25(2)19-9-3-16(4-10-19)20(15-23)26-11-13-27(14-12-26)21(28)24-18-7-5-17(22)6-8-18/h3-10,20H,11-14H2,1-2H3,(H,24,28). The van der Waals surface area contributed by atoms with Gasteiger partial charge in [-0.2, -0.15) is 5.26 Å². The number of benzene rings is 2. The Morgan fingerprint density at radius 2 is 1.68 bits per heavy atom. The molecule has 2 aromatic rings. The van der Waals surface area contributed by atoms with Crippen LogP contribution in [0, 0.1) is 11.3 Å². The highest BCUT2D eigenvalue weighted by Gasteiger charge is 2.27. The molecular weight excluding hydrogens is 374 g/mol. The summed E-state index contributed by atoms with van der Waals surface area (Å²) in [6, 6.07) is 17.1. The molecule has 0 saturated carbocycles. The molecular formula is C21H24ClN5O. The summed E-state index contributed by atoms with van der Waals surface area (Å²) in [5.41, 5.74) is 2.80. The van der Waals surface area contributed by atoms with E-state index in [9.17, 15) is 10.1 Å². The summed E-state index contributed by atoms with van der Waals surface area (Å²) in [7, 11) is 3.98. The predicted octanol–water partition coefficient (Wildman–Crippen LogP) is 3.82. The molecule has 0 aromatic heterocycles. The second kappa shape index (κ2) is 8.96. The van der Waals surface area contributed by atoms with Crippen LogP contribution in [-0.2, 0) is 0 Å². The van der Waals surface area contributed by atoms with Crippen LogP contribution in [0.4, 0.5) is 16.2 Å². The van der Waals surface area contributed by atoms with E-state index in [4.69, 9.17) is 11.6 Å². The Morgan fingerprint density at radius 3 is 2.21 bits per heavy atom. The van der Waals surface area contributed by atoms with Crippen LogP contribution in [-0.4, -0.2) is 56.1 Å². The first kappa shape index (κ1) is 20.0. The third kappa shape index (κ3) is 4.75. The zero-order valence-corrected chi connectivity index (χ0v) is 16.9. The Balaban J connectivity index is 1.58. The number of carbonyl (C=O) groups is 1. The van der Waals surface area contributed by atoms with E-state index in [1.165, 1.54) is 0 Å². The highest BCUT2D eigenvalue weighted by Crippen LogP contribution is 2.24. The van der Waals surface area contributed by atoms with Crippen LogP contribution in [0.3, 0.4) is 0 Å². The first-order valence-corrected chi connectivity index (χ1v) is 9.58. The SMILES string of the molecule is CN(C)c1ccc(C(C#N)N2CCN(C(=O)Nc3ccc(Cl)cc3)CC2)cc1.